The number of carboxylic acid groups (broad SMARTS) is 1. The molecule has 3 aromatic rings. The first-order valence-corrected chi connectivity index (χ1v) is 11.6. The highest BCUT2D eigenvalue weighted by Gasteiger charge is 2.54. The Kier molecular flexibility index (Phi) is 5.48. The fraction of sp³-hybridized carbons (Fsp3) is 0.333. The molecule has 0 saturated carbocycles. The van der Waals surface area contributed by atoms with Crippen molar-refractivity contribution >= 4 is 39.5 Å². The van der Waals surface area contributed by atoms with E-state index in [1.807, 2.05) is 19.1 Å². The second-order valence-corrected chi connectivity index (χ2v) is 9.30. The highest BCUT2D eigenvalue weighted by molar-refractivity contribution is 6.15. The molecule has 5 rings (SSSR count). The SMILES string of the molecule is C/C=C/C1OC1(C)c1cc(=O)c2c(CC(=O)O)cc3cc4c(c(O)c3c2o1)C(=O)CCC4OC(C)=O. The Balaban J connectivity index is 1.86. The Morgan fingerprint density at radius 2 is 1.97 bits per heavy atom. The van der Waals surface area contributed by atoms with Gasteiger partial charge in [-0.05, 0) is 43.4 Å². The van der Waals surface area contributed by atoms with Crippen LogP contribution in [0.2, 0.25) is 0 Å². The lowest BCUT2D eigenvalue weighted by atomic mass is 9.84. The van der Waals surface area contributed by atoms with Crippen LogP contribution in [-0.2, 0) is 31.1 Å². The molecule has 1 saturated heterocycles. The maximum Gasteiger partial charge on any atom is 0.307 e. The number of rotatable bonds is 5. The summed E-state index contributed by atoms with van der Waals surface area (Å²) in [4.78, 5) is 49.4. The van der Waals surface area contributed by atoms with Crippen molar-refractivity contribution in [3.05, 3.63) is 63.0 Å². The van der Waals surface area contributed by atoms with Crippen molar-refractivity contribution in [2.75, 3.05) is 0 Å². The molecule has 9 nitrogen and oxygen atoms in total. The minimum Gasteiger partial charge on any atom is -0.506 e. The van der Waals surface area contributed by atoms with Crippen molar-refractivity contribution in [1.29, 1.82) is 0 Å². The van der Waals surface area contributed by atoms with Crippen LogP contribution in [-0.4, -0.2) is 34.0 Å². The lowest BCUT2D eigenvalue weighted by molar-refractivity contribution is -0.147. The van der Waals surface area contributed by atoms with E-state index in [0.717, 1.165) is 0 Å². The van der Waals surface area contributed by atoms with Crippen LogP contribution < -0.4 is 5.43 Å². The number of aromatic hydroxyl groups is 1. The Bertz CT molecular complexity index is 1560. The molecule has 36 heavy (non-hydrogen) atoms. The number of Topliss-reactive ketones (excluding diaryl/α,β-unsaturated/α-hetero) is 1. The Labute approximate surface area is 204 Å². The number of carbonyl (C=O) groups excluding carboxylic acids is 2. The first kappa shape index (κ1) is 23.7. The molecule has 2 N–H and O–H groups in total. The summed E-state index contributed by atoms with van der Waals surface area (Å²) in [5, 5.41) is 21.3. The molecule has 1 aliphatic carbocycles. The van der Waals surface area contributed by atoms with E-state index in [-0.39, 0.29) is 58.0 Å². The molecule has 0 amide bonds. The van der Waals surface area contributed by atoms with Crippen LogP contribution in [0.5, 0.6) is 5.75 Å². The quantitative estimate of drug-likeness (QED) is 0.233. The van der Waals surface area contributed by atoms with Gasteiger partial charge in [-0.3, -0.25) is 19.2 Å². The van der Waals surface area contributed by atoms with Crippen molar-refractivity contribution in [2.24, 2.45) is 0 Å². The fourth-order valence-corrected chi connectivity index (χ4v) is 5.08. The summed E-state index contributed by atoms with van der Waals surface area (Å²) < 4.78 is 17.3. The maximum atomic E-state index is 13.3. The zero-order valence-corrected chi connectivity index (χ0v) is 19.9. The number of benzene rings is 2. The van der Waals surface area contributed by atoms with Crippen LogP contribution in [0.15, 0.2) is 39.6 Å². The first-order chi connectivity index (χ1) is 17.0. The van der Waals surface area contributed by atoms with Crippen LogP contribution in [0.1, 0.15) is 67.0 Å². The van der Waals surface area contributed by atoms with Crippen molar-refractivity contribution in [1.82, 2.24) is 0 Å². The summed E-state index contributed by atoms with van der Waals surface area (Å²) in [6, 6.07) is 4.36. The maximum absolute atomic E-state index is 13.3. The zero-order chi connectivity index (χ0) is 25.9. The number of ether oxygens (including phenoxy) is 2. The molecule has 3 atom stereocenters. The van der Waals surface area contributed by atoms with Gasteiger partial charge in [0.2, 0.25) is 0 Å². The summed E-state index contributed by atoms with van der Waals surface area (Å²) in [6.45, 7) is 4.86. The summed E-state index contributed by atoms with van der Waals surface area (Å²) in [5.41, 5.74) is -0.888. The number of epoxide rings is 1. The topological polar surface area (TPSA) is 144 Å². The third-order valence-corrected chi connectivity index (χ3v) is 6.81. The predicted molar refractivity (Wildman–Crippen MR) is 128 cm³/mol. The molecule has 1 aliphatic heterocycles. The molecule has 186 valence electrons. The van der Waals surface area contributed by atoms with E-state index >= 15 is 0 Å². The van der Waals surface area contributed by atoms with Gasteiger partial charge in [-0.15, -0.1) is 0 Å². The van der Waals surface area contributed by atoms with Gasteiger partial charge in [0, 0.05) is 25.0 Å². The molecule has 0 radical (unpaired) electrons. The van der Waals surface area contributed by atoms with Crippen LogP contribution in [0.4, 0.5) is 0 Å². The van der Waals surface area contributed by atoms with Crippen LogP contribution in [0, 0.1) is 0 Å². The van der Waals surface area contributed by atoms with E-state index in [1.165, 1.54) is 19.1 Å². The summed E-state index contributed by atoms with van der Waals surface area (Å²) in [6.07, 6.45) is 2.43. The van der Waals surface area contributed by atoms with E-state index in [1.54, 1.807) is 13.0 Å². The number of hydrogen-bond acceptors (Lipinski definition) is 8. The smallest absolute Gasteiger partial charge is 0.307 e. The van der Waals surface area contributed by atoms with Gasteiger partial charge in [0.1, 0.15) is 29.3 Å². The van der Waals surface area contributed by atoms with Gasteiger partial charge in [-0.25, -0.2) is 0 Å². The van der Waals surface area contributed by atoms with Crippen molar-refractivity contribution < 1.29 is 38.5 Å². The third kappa shape index (κ3) is 3.67. The van der Waals surface area contributed by atoms with E-state index in [2.05, 4.69) is 0 Å². The number of esters is 1. The molecule has 1 fully saturated rings. The molecular formula is C27H24O9. The fourth-order valence-electron chi connectivity index (χ4n) is 5.08. The van der Waals surface area contributed by atoms with E-state index in [9.17, 15) is 29.4 Å². The number of carboxylic acids is 1. The Morgan fingerprint density at radius 3 is 2.64 bits per heavy atom. The van der Waals surface area contributed by atoms with Gasteiger partial charge in [-0.1, -0.05) is 12.2 Å². The normalized spacial score (nSPS) is 23.2. The summed E-state index contributed by atoms with van der Waals surface area (Å²) in [5.74, 6) is -2.20. The van der Waals surface area contributed by atoms with E-state index in [4.69, 9.17) is 13.9 Å². The van der Waals surface area contributed by atoms with Gasteiger partial charge in [0.25, 0.3) is 0 Å². The van der Waals surface area contributed by atoms with Gasteiger partial charge in [0.15, 0.2) is 16.8 Å². The minimum absolute atomic E-state index is 0.000938. The predicted octanol–water partition coefficient (Wildman–Crippen LogP) is 4.05. The van der Waals surface area contributed by atoms with Gasteiger partial charge < -0.3 is 24.1 Å². The Morgan fingerprint density at radius 1 is 1.22 bits per heavy atom. The number of hydrogen-bond donors (Lipinski definition) is 2. The van der Waals surface area contributed by atoms with Gasteiger partial charge >= 0.3 is 11.9 Å². The number of carbonyl (C=O) groups is 3. The minimum atomic E-state index is -1.15. The number of allylic oxidation sites excluding steroid dienone is 1. The Hall–Kier alpha value is -3.98. The molecule has 3 unspecified atom stereocenters. The molecule has 0 spiro atoms. The van der Waals surface area contributed by atoms with Crippen molar-refractivity contribution in [3.8, 4) is 5.75 Å². The van der Waals surface area contributed by atoms with E-state index in [0.29, 0.717) is 10.9 Å². The number of phenols is 1. The number of ketones is 1. The highest BCUT2D eigenvalue weighted by Crippen LogP contribution is 2.49. The molecule has 0 bridgehead atoms. The average Bonchev–Trinajstić information content (AvgIpc) is 3.45. The lowest BCUT2D eigenvalue weighted by Gasteiger charge is -2.26. The third-order valence-electron chi connectivity index (χ3n) is 6.81. The standard InChI is InChI=1S/C27H24O9/c1-4-5-19-27(3,36-19)20-11-17(30)22-14(10-21(31)32)8-13-9-15-18(34-12(2)28)7-6-16(29)24(15)25(33)23(13)26(22)35-20/h4-5,8-9,11,18-19,33H,6-7,10H2,1-3H3,(H,31,32)/b5-4+. The summed E-state index contributed by atoms with van der Waals surface area (Å²) in [7, 11) is 0. The molecule has 1 aromatic heterocycles. The molecule has 2 heterocycles. The number of phenolic OH excluding ortho intramolecular Hbond substituents is 1. The number of aliphatic carboxylic acids is 1. The molecule has 2 aliphatic rings. The largest absolute Gasteiger partial charge is 0.506 e. The average molecular weight is 492 g/mol. The summed E-state index contributed by atoms with van der Waals surface area (Å²) >= 11 is 0. The van der Waals surface area contributed by atoms with Crippen molar-refractivity contribution in [3.63, 3.8) is 0 Å². The second kappa shape index (κ2) is 8.30. The second-order valence-electron chi connectivity index (χ2n) is 9.30. The van der Waals surface area contributed by atoms with Crippen LogP contribution in [0.3, 0.4) is 0 Å². The van der Waals surface area contributed by atoms with Gasteiger partial charge in [-0.2, -0.15) is 0 Å². The number of fused-ring (bicyclic) bond motifs is 4. The van der Waals surface area contributed by atoms with Crippen LogP contribution >= 0.6 is 0 Å². The van der Waals surface area contributed by atoms with Crippen LogP contribution in [0.25, 0.3) is 21.7 Å². The zero-order valence-electron chi connectivity index (χ0n) is 19.9. The highest BCUT2D eigenvalue weighted by atomic mass is 16.6. The van der Waals surface area contributed by atoms with E-state index < -0.39 is 41.2 Å². The lowest BCUT2D eigenvalue weighted by Crippen LogP contribution is -2.20. The monoisotopic (exact) mass is 492 g/mol. The van der Waals surface area contributed by atoms with Crippen molar-refractivity contribution in [2.45, 2.75) is 57.8 Å². The molecule has 2 aromatic carbocycles. The molecular weight excluding hydrogens is 468 g/mol. The first-order valence-electron chi connectivity index (χ1n) is 11.6. The molecule has 9 heteroatoms. The van der Waals surface area contributed by atoms with Gasteiger partial charge in [0.05, 0.1) is 22.8 Å².